The van der Waals surface area contributed by atoms with Crippen molar-refractivity contribution < 1.29 is 9.59 Å². The van der Waals surface area contributed by atoms with Crippen LogP contribution in [-0.4, -0.2) is 31.3 Å². The van der Waals surface area contributed by atoms with Crippen molar-refractivity contribution in [3.63, 3.8) is 0 Å². The van der Waals surface area contributed by atoms with Gasteiger partial charge in [-0.15, -0.1) is 0 Å². The van der Waals surface area contributed by atoms with Crippen LogP contribution in [0.2, 0.25) is 5.02 Å². The molecule has 7 heteroatoms. The molecule has 0 unspecified atom stereocenters. The van der Waals surface area contributed by atoms with Gasteiger partial charge < -0.3 is 0 Å². The maximum absolute atomic E-state index is 12.3. The van der Waals surface area contributed by atoms with E-state index in [9.17, 15) is 9.59 Å². The van der Waals surface area contributed by atoms with Gasteiger partial charge in [-0.25, -0.2) is 0 Å². The molecule has 0 radical (unpaired) electrons. The van der Waals surface area contributed by atoms with Gasteiger partial charge in [-0.2, -0.15) is 0 Å². The summed E-state index contributed by atoms with van der Waals surface area (Å²) in [5, 5.41) is 6.18. The van der Waals surface area contributed by atoms with Crippen LogP contribution < -0.4 is 10.6 Å². The fourth-order valence-electron chi connectivity index (χ4n) is 2.10. The molecule has 0 aliphatic rings. The topological polar surface area (TPSA) is 71.1 Å². The van der Waals surface area contributed by atoms with E-state index in [-0.39, 0.29) is 26.3 Å². The van der Waals surface area contributed by atoms with Crippen LogP contribution in [-0.2, 0) is 0 Å². The molecular formula is C18H14ClN3O2Se. The molecule has 0 saturated heterocycles. The minimum absolute atomic E-state index is 0.200. The second-order valence-electron chi connectivity index (χ2n) is 5.26. The number of nitrogens with zero attached hydrogens (tertiary/aromatic N) is 1. The number of hydrogen-bond donors (Lipinski definition) is 2. The quantitative estimate of drug-likeness (QED) is 0.636. The van der Waals surface area contributed by atoms with Crippen molar-refractivity contribution in [3.05, 3.63) is 75.3 Å². The average Bonchev–Trinajstić information content (AvgIpc) is 3.06. The molecule has 3 aromatic rings. The zero-order valence-corrected chi connectivity index (χ0v) is 15.7. The van der Waals surface area contributed by atoms with Gasteiger partial charge in [0.05, 0.1) is 0 Å². The number of aromatic nitrogens is 1. The number of rotatable bonds is 4. The van der Waals surface area contributed by atoms with Gasteiger partial charge in [0.2, 0.25) is 0 Å². The number of para-hydroxylation sites is 1. The van der Waals surface area contributed by atoms with E-state index in [0.29, 0.717) is 19.7 Å². The third-order valence-corrected chi connectivity index (χ3v) is 5.61. The summed E-state index contributed by atoms with van der Waals surface area (Å²) in [4.78, 5) is 28.7. The number of carbonyl (C=O) groups is 2. The van der Waals surface area contributed by atoms with E-state index in [1.165, 1.54) is 6.20 Å². The van der Waals surface area contributed by atoms with Crippen LogP contribution in [0.5, 0.6) is 0 Å². The van der Waals surface area contributed by atoms with Crippen LogP contribution in [0.15, 0.2) is 54.7 Å². The Balaban J connectivity index is 1.67. The van der Waals surface area contributed by atoms with Gasteiger partial charge in [-0.3, -0.25) is 0 Å². The Bertz CT molecular complexity index is 922. The third-order valence-electron chi connectivity index (χ3n) is 3.45. The predicted molar refractivity (Wildman–Crippen MR) is 99.7 cm³/mol. The van der Waals surface area contributed by atoms with E-state index in [4.69, 9.17) is 11.6 Å². The molecule has 0 aliphatic heterocycles. The van der Waals surface area contributed by atoms with Gasteiger partial charge in [0.25, 0.3) is 0 Å². The van der Waals surface area contributed by atoms with Crippen molar-refractivity contribution in [3.8, 4) is 0 Å². The van der Waals surface area contributed by atoms with Crippen LogP contribution in [0.3, 0.4) is 0 Å². The summed E-state index contributed by atoms with van der Waals surface area (Å²) < 4.78 is 1.06. The van der Waals surface area contributed by atoms with Gasteiger partial charge in [0.15, 0.2) is 0 Å². The summed E-state index contributed by atoms with van der Waals surface area (Å²) in [6.45, 7) is 1.93. The fraction of sp³-hybridized carbons (Fsp3) is 0.0556. The second-order valence-corrected chi connectivity index (χ2v) is 7.86. The number of amides is 2. The second kappa shape index (κ2) is 7.66. The molecule has 0 spiro atoms. The van der Waals surface area contributed by atoms with Crippen LogP contribution >= 0.6 is 11.6 Å². The molecule has 0 aliphatic carbocycles. The normalized spacial score (nSPS) is 10.3. The molecule has 5 nitrogen and oxygen atoms in total. The van der Waals surface area contributed by atoms with Crippen molar-refractivity contribution >= 4 is 48.3 Å². The number of anilines is 2. The van der Waals surface area contributed by atoms with E-state index in [0.717, 1.165) is 11.3 Å². The maximum atomic E-state index is 12.3. The van der Waals surface area contributed by atoms with Gasteiger partial charge in [-0.1, -0.05) is 0 Å². The van der Waals surface area contributed by atoms with Gasteiger partial charge in [-0.05, 0) is 0 Å². The molecule has 1 heterocycles. The summed E-state index contributed by atoms with van der Waals surface area (Å²) in [5.74, 6) is -0.472. The van der Waals surface area contributed by atoms with E-state index >= 15 is 0 Å². The Morgan fingerprint density at radius 2 is 1.72 bits per heavy atom. The SMILES string of the molecule is Cc1ccccc1NC(=O)c1cnc(NC(=O)c2ccc(Cl)cc2)[se]1. The summed E-state index contributed by atoms with van der Waals surface area (Å²) in [7, 11) is 0. The fourth-order valence-corrected chi connectivity index (χ4v) is 3.71. The molecular weight excluding hydrogens is 405 g/mol. The zero-order chi connectivity index (χ0) is 17.8. The van der Waals surface area contributed by atoms with Crippen LogP contribution in [0.25, 0.3) is 0 Å². The molecule has 25 heavy (non-hydrogen) atoms. The molecule has 3 rings (SSSR count). The van der Waals surface area contributed by atoms with Crippen LogP contribution in [0.1, 0.15) is 25.2 Å². The van der Waals surface area contributed by atoms with Crippen molar-refractivity contribution in [2.75, 3.05) is 10.6 Å². The third kappa shape index (κ3) is 4.36. The van der Waals surface area contributed by atoms with Crippen molar-refractivity contribution in [2.24, 2.45) is 0 Å². The Kier molecular flexibility index (Phi) is 5.34. The first-order chi connectivity index (χ1) is 12.0. The molecule has 0 saturated carbocycles. The molecule has 2 amide bonds. The summed E-state index contributed by atoms with van der Waals surface area (Å²) in [6, 6.07) is 14.1. The van der Waals surface area contributed by atoms with Gasteiger partial charge in [0.1, 0.15) is 0 Å². The molecule has 2 N–H and O–H groups in total. The molecule has 0 bridgehead atoms. The van der Waals surface area contributed by atoms with Gasteiger partial charge in [0, 0.05) is 0 Å². The zero-order valence-electron chi connectivity index (χ0n) is 13.2. The van der Waals surface area contributed by atoms with Crippen molar-refractivity contribution in [1.82, 2.24) is 4.98 Å². The Hall–Kier alpha value is -2.40. The first-order valence-electron chi connectivity index (χ1n) is 7.42. The number of carbonyl (C=O) groups excluding carboxylic acids is 2. The first kappa shape index (κ1) is 17.4. The summed E-state index contributed by atoms with van der Waals surface area (Å²) in [5.41, 5.74) is 2.24. The minimum atomic E-state index is -0.352. The number of nitrogens with one attached hydrogen (secondary N) is 2. The predicted octanol–water partition coefficient (Wildman–Crippen LogP) is 3.61. The first-order valence-corrected chi connectivity index (χ1v) is 9.52. The number of halogens is 1. The number of benzene rings is 2. The monoisotopic (exact) mass is 419 g/mol. The molecule has 126 valence electrons. The van der Waals surface area contributed by atoms with Crippen LogP contribution in [0, 0.1) is 6.92 Å². The Morgan fingerprint density at radius 1 is 1.00 bits per heavy atom. The number of aryl methyl sites for hydroxylation is 1. The molecule has 0 atom stereocenters. The standard InChI is InChI=1S/C18H14ClN3O2Se/c1-11-4-2-3-5-14(11)21-17(24)15-10-20-18(25-15)22-16(23)12-6-8-13(19)9-7-12/h2-10H,1H3,(H,21,24)(H,20,22,23). The summed E-state index contributed by atoms with van der Waals surface area (Å²) in [6.07, 6.45) is 1.51. The Morgan fingerprint density at radius 3 is 2.44 bits per heavy atom. The van der Waals surface area contributed by atoms with Crippen molar-refractivity contribution in [1.29, 1.82) is 0 Å². The molecule has 1 aromatic heterocycles. The molecule has 0 fully saturated rings. The number of hydrogen-bond acceptors (Lipinski definition) is 3. The molecule has 2 aromatic carbocycles. The van der Waals surface area contributed by atoms with Crippen molar-refractivity contribution in [2.45, 2.75) is 6.92 Å². The van der Waals surface area contributed by atoms with E-state index < -0.39 is 0 Å². The van der Waals surface area contributed by atoms with Gasteiger partial charge >= 0.3 is 156 Å². The van der Waals surface area contributed by atoms with E-state index in [1.807, 2.05) is 31.2 Å². The van der Waals surface area contributed by atoms with Crippen LogP contribution in [0.4, 0.5) is 10.4 Å². The average molecular weight is 419 g/mol. The summed E-state index contributed by atoms with van der Waals surface area (Å²) >= 11 is 5.46. The Labute approximate surface area is 155 Å². The van der Waals surface area contributed by atoms with E-state index in [2.05, 4.69) is 15.6 Å². The van der Waals surface area contributed by atoms with E-state index in [1.54, 1.807) is 24.3 Å².